The van der Waals surface area contributed by atoms with Crippen molar-refractivity contribution in [2.45, 2.75) is 25.2 Å². The van der Waals surface area contributed by atoms with Gasteiger partial charge >= 0.3 is 0 Å². The van der Waals surface area contributed by atoms with Crippen molar-refractivity contribution in [1.82, 2.24) is 9.88 Å². The van der Waals surface area contributed by atoms with E-state index in [0.717, 1.165) is 16.8 Å². The van der Waals surface area contributed by atoms with Gasteiger partial charge in [-0.25, -0.2) is 13.4 Å². The maximum absolute atomic E-state index is 13.7. The first kappa shape index (κ1) is 27.0. The van der Waals surface area contributed by atoms with E-state index in [0.29, 0.717) is 29.4 Å². The molecular formula is C23H30ClN3O4S2. The summed E-state index contributed by atoms with van der Waals surface area (Å²) in [6.45, 7) is 4.77. The van der Waals surface area contributed by atoms with E-state index in [4.69, 9.17) is 9.72 Å². The molecule has 1 aromatic heterocycles. The Morgan fingerprint density at radius 2 is 1.82 bits per heavy atom. The van der Waals surface area contributed by atoms with E-state index < -0.39 is 9.84 Å². The van der Waals surface area contributed by atoms with Crippen LogP contribution in [-0.2, 0) is 9.84 Å². The zero-order chi connectivity index (χ0) is 23.5. The number of methoxy groups -OCH3 is 1. The lowest BCUT2D eigenvalue weighted by atomic mass is 10.2. The Hall–Kier alpha value is -2.20. The third-order valence-corrected chi connectivity index (χ3v) is 8.21. The largest absolute Gasteiger partial charge is 0.494 e. The van der Waals surface area contributed by atoms with Crippen LogP contribution >= 0.6 is 23.7 Å². The van der Waals surface area contributed by atoms with Gasteiger partial charge in [-0.1, -0.05) is 36.5 Å². The molecule has 0 atom stereocenters. The molecule has 0 spiro atoms. The van der Waals surface area contributed by atoms with E-state index in [2.05, 4.69) is 0 Å². The molecule has 180 valence electrons. The average molecular weight is 512 g/mol. The van der Waals surface area contributed by atoms with E-state index in [9.17, 15) is 13.2 Å². The van der Waals surface area contributed by atoms with Gasteiger partial charge in [-0.05, 0) is 57.7 Å². The molecule has 0 bridgehead atoms. The van der Waals surface area contributed by atoms with Gasteiger partial charge in [0.05, 0.1) is 28.0 Å². The normalized spacial score (nSPS) is 11.5. The van der Waals surface area contributed by atoms with E-state index in [1.165, 1.54) is 17.4 Å². The van der Waals surface area contributed by atoms with Crippen LogP contribution in [0.5, 0.6) is 5.75 Å². The zero-order valence-electron chi connectivity index (χ0n) is 19.5. The highest BCUT2D eigenvalue weighted by molar-refractivity contribution is 7.91. The van der Waals surface area contributed by atoms with Gasteiger partial charge in [0.2, 0.25) is 0 Å². The molecule has 0 saturated heterocycles. The number of thiazole rings is 1. The standard InChI is InChI=1S/C23H29N3O4S2.ClH/c1-6-32(28,29)19-11-8-7-10-17(19)22(27)26(15-9-14-25(3)4)23-24-20-18(30-5)13-12-16(2)21(20)31-23;/h7-8,10-13H,6,9,14-15H2,1-5H3;1H. The number of carbonyl (C=O) groups is 1. The van der Waals surface area contributed by atoms with Crippen molar-refractivity contribution >= 4 is 54.8 Å². The molecule has 0 radical (unpaired) electrons. The summed E-state index contributed by atoms with van der Waals surface area (Å²) in [5.74, 6) is 0.199. The summed E-state index contributed by atoms with van der Waals surface area (Å²) in [6, 6.07) is 10.2. The number of amides is 1. The van der Waals surface area contributed by atoms with Crippen LogP contribution in [0.25, 0.3) is 10.2 Å². The molecule has 3 aromatic rings. The summed E-state index contributed by atoms with van der Waals surface area (Å²) >= 11 is 1.41. The fourth-order valence-corrected chi connectivity index (χ4v) is 5.59. The highest BCUT2D eigenvalue weighted by Crippen LogP contribution is 2.37. The lowest BCUT2D eigenvalue weighted by Gasteiger charge is -2.22. The van der Waals surface area contributed by atoms with E-state index in [-0.39, 0.29) is 34.5 Å². The minimum Gasteiger partial charge on any atom is -0.494 e. The maximum atomic E-state index is 13.7. The molecule has 0 fully saturated rings. The van der Waals surface area contributed by atoms with Crippen molar-refractivity contribution in [3.63, 3.8) is 0 Å². The van der Waals surface area contributed by atoms with Crippen LogP contribution < -0.4 is 9.64 Å². The molecule has 0 aliphatic heterocycles. The molecule has 33 heavy (non-hydrogen) atoms. The second-order valence-corrected chi connectivity index (χ2v) is 11.0. The van der Waals surface area contributed by atoms with E-state index in [1.54, 1.807) is 37.1 Å². The second kappa shape index (κ2) is 11.3. The van der Waals surface area contributed by atoms with Crippen LogP contribution in [0, 0.1) is 6.92 Å². The number of carbonyl (C=O) groups excluding carboxylic acids is 1. The first-order valence-corrected chi connectivity index (χ1v) is 12.9. The number of ether oxygens (including phenoxy) is 1. The first-order chi connectivity index (χ1) is 15.2. The van der Waals surface area contributed by atoms with Gasteiger partial charge in [0.25, 0.3) is 5.91 Å². The van der Waals surface area contributed by atoms with Gasteiger partial charge in [0.1, 0.15) is 11.3 Å². The molecule has 7 nitrogen and oxygen atoms in total. The summed E-state index contributed by atoms with van der Waals surface area (Å²) in [5, 5.41) is 0.528. The first-order valence-electron chi connectivity index (χ1n) is 10.4. The Balaban J connectivity index is 0.00000385. The number of benzene rings is 2. The SMILES string of the molecule is CCS(=O)(=O)c1ccccc1C(=O)N(CCCN(C)C)c1nc2c(OC)ccc(C)c2s1.Cl. The summed E-state index contributed by atoms with van der Waals surface area (Å²) < 4.78 is 31.7. The molecule has 3 rings (SSSR count). The van der Waals surface area contributed by atoms with Crippen LogP contribution in [0.2, 0.25) is 0 Å². The molecular weight excluding hydrogens is 482 g/mol. The molecule has 0 N–H and O–H groups in total. The van der Waals surface area contributed by atoms with Crippen LogP contribution in [0.3, 0.4) is 0 Å². The molecule has 1 heterocycles. The number of aryl methyl sites for hydroxylation is 1. The fraction of sp³-hybridized carbons (Fsp3) is 0.391. The predicted molar refractivity (Wildman–Crippen MR) is 137 cm³/mol. The Bertz CT molecular complexity index is 1230. The van der Waals surface area contributed by atoms with E-state index >= 15 is 0 Å². The molecule has 0 aliphatic rings. The second-order valence-electron chi connectivity index (χ2n) is 7.77. The van der Waals surface area contributed by atoms with Gasteiger partial charge in [-0.3, -0.25) is 9.69 Å². The highest BCUT2D eigenvalue weighted by atomic mass is 35.5. The molecule has 10 heteroatoms. The third-order valence-electron chi connectivity index (χ3n) is 5.21. The fourth-order valence-electron chi connectivity index (χ4n) is 3.42. The van der Waals surface area contributed by atoms with Crippen molar-refractivity contribution in [1.29, 1.82) is 0 Å². The smallest absolute Gasteiger partial charge is 0.261 e. The number of hydrogen-bond acceptors (Lipinski definition) is 7. The van der Waals surface area contributed by atoms with Crippen LogP contribution in [0.15, 0.2) is 41.3 Å². The zero-order valence-corrected chi connectivity index (χ0v) is 21.9. The Morgan fingerprint density at radius 3 is 2.45 bits per heavy atom. The number of sulfone groups is 1. The Labute approximate surface area is 205 Å². The average Bonchev–Trinajstić information content (AvgIpc) is 3.22. The summed E-state index contributed by atoms with van der Waals surface area (Å²) in [4.78, 5) is 22.1. The Kier molecular flexibility index (Phi) is 9.25. The van der Waals surface area contributed by atoms with Gasteiger partial charge in [0, 0.05) is 6.54 Å². The van der Waals surface area contributed by atoms with Crippen molar-refractivity contribution < 1.29 is 17.9 Å². The van der Waals surface area contributed by atoms with Crippen molar-refractivity contribution in [2.24, 2.45) is 0 Å². The van der Waals surface area contributed by atoms with Crippen LogP contribution in [0.4, 0.5) is 5.13 Å². The molecule has 0 unspecified atom stereocenters. The van der Waals surface area contributed by atoms with Gasteiger partial charge < -0.3 is 9.64 Å². The third kappa shape index (κ3) is 5.84. The van der Waals surface area contributed by atoms with Gasteiger partial charge in [0.15, 0.2) is 15.0 Å². The molecule has 0 aliphatic carbocycles. The summed E-state index contributed by atoms with van der Waals surface area (Å²) in [7, 11) is 1.98. The maximum Gasteiger partial charge on any atom is 0.261 e. The predicted octanol–water partition coefficient (Wildman–Crippen LogP) is 4.43. The number of nitrogens with zero attached hydrogens (tertiary/aromatic N) is 3. The monoisotopic (exact) mass is 511 g/mol. The van der Waals surface area contributed by atoms with Gasteiger partial charge in [-0.2, -0.15) is 0 Å². The van der Waals surface area contributed by atoms with Crippen molar-refractivity contribution in [3.8, 4) is 5.75 Å². The molecule has 0 saturated carbocycles. The van der Waals surface area contributed by atoms with Crippen LogP contribution in [-0.4, -0.2) is 64.3 Å². The number of fused-ring (bicyclic) bond motifs is 1. The quantitative estimate of drug-likeness (QED) is 0.423. The number of anilines is 1. The lowest BCUT2D eigenvalue weighted by molar-refractivity contribution is 0.0983. The number of rotatable bonds is 9. The van der Waals surface area contributed by atoms with E-state index in [1.807, 2.05) is 38.1 Å². The van der Waals surface area contributed by atoms with Crippen molar-refractivity contribution in [2.75, 3.05) is 44.9 Å². The minimum atomic E-state index is -3.56. The van der Waals surface area contributed by atoms with Gasteiger partial charge in [-0.15, -0.1) is 12.4 Å². The topological polar surface area (TPSA) is 79.8 Å². The molecule has 1 amide bonds. The number of halogens is 1. The van der Waals surface area contributed by atoms with Crippen molar-refractivity contribution in [3.05, 3.63) is 47.5 Å². The van der Waals surface area contributed by atoms with Crippen LogP contribution in [0.1, 0.15) is 29.3 Å². The number of hydrogen-bond donors (Lipinski definition) is 0. The Morgan fingerprint density at radius 1 is 1.12 bits per heavy atom. The number of aromatic nitrogens is 1. The lowest BCUT2D eigenvalue weighted by Crippen LogP contribution is -2.34. The summed E-state index contributed by atoms with van der Waals surface area (Å²) in [6.07, 6.45) is 0.716. The summed E-state index contributed by atoms with van der Waals surface area (Å²) in [5.41, 5.74) is 1.91. The molecule has 2 aromatic carbocycles. The highest BCUT2D eigenvalue weighted by Gasteiger charge is 2.27. The minimum absolute atomic E-state index is 0.